The largest absolute Gasteiger partial charge is 0.497 e. The molecule has 0 aliphatic heterocycles. The molecular weight excluding hydrogens is 254 g/mol. The molecule has 0 bridgehead atoms. The van der Waals surface area contributed by atoms with Gasteiger partial charge in [0.1, 0.15) is 11.4 Å². The first-order chi connectivity index (χ1) is 9.35. The maximum absolute atomic E-state index is 12.0. The van der Waals surface area contributed by atoms with Gasteiger partial charge >= 0.3 is 6.09 Å². The highest BCUT2D eigenvalue weighted by Crippen LogP contribution is 2.41. The van der Waals surface area contributed by atoms with E-state index < -0.39 is 5.60 Å². The van der Waals surface area contributed by atoms with Crippen LogP contribution in [0.1, 0.15) is 45.6 Å². The number of hydrogen-bond acceptors (Lipinski definition) is 3. The number of carbonyl (C=O) groups is 1. The van der Waals surface area contributed by atoms with Crippen LogP contribution in [0.5, 0.6) is 5.75 Å². The number of alkyl carbamates (subject to hydrolysis) is 1. The van der Waals surface area contributed by atoms with Crippen LogP contribution in [0.4, 0.5) is 4.79 Å². The first kappa shape index (κ1) is 14.7. The second-order valence-electron chi connectivity index (χ2n) is 6.29. The minimum Gasteiger partial charge on any atom is -0.497 e. The maximum atomic E-state index is 12.0. The third-order valence-corrected chi connectivity index (χ3v) is 3.59. The minimum absolute atomic E-state index is 0.283. The molecular formula is C16H23NO3. The van der Waals surface area contributed by atoms with E-state index in [-0.39, 0.29) is 11.6 Å². The lowest BCUT2D eigenvalue weighted by atomic mass is 9.72. The highest BCUT2D eigenvalue weighted by Gasteiger charge is 2.41. The number of methoxy groups -OCH3 is 1. The van der Waals surface area contributed by atoms with Gasteiger partial charge in [0, 0.05) is 0 Å². The van der Waals surface area contributed by atoms with Crippen LogP contribution in [0, 0.1) is 0 Å². The zero-order chi connectivity index (χ0) is 14.8. The van der Waals surface area contributed by atoms with E-state index in [1.807, 2.05) is 45.0 Å². The molecule has 1 fully saturated rings. The van der Waals surface area contributed by atoms with E-state index in [4.69, 9.17) is 9.47 Å². The lowest BCUT2D eigenvalue weighted by Gasteiger charge is -2.43. The molecule has 0 atom stereocenters. The quantitative estimate of drug-likeness (QED) is 0.918. The number of benzene rings is 1. The third-order valence-electron chi connectivity index (χ3n) is 3.59. The lowest BCUT2D eigenvalue weighted by Crippen LogP contribution is -2.52. The molecule has 0 heterocycles. The van der Waals surface area contributed by atoms with Crippen LogP contribution in [0.2, 0.25) is 0 Å². The van der Waals surface area contributed by atoms with Crippen LogP contribution < -0.4 is 10.1 Å². The van der Waals surface area contributed by atoms with Crippen LogP contribution in [0.15, 0.2) is 24.3 Å². The molecule has 1 N–H and O–H groups in total. The van der Waals surface area contributed by atoms with Crippen LogP contribution in [0.3, 0.4) is 0 Å². The van der Waals surface area contributed by atoms with E-state index in [0.717, 1.165) is 30.6 Å². The van der Waals surface area contributed by atoms with Gasteiger partial charge in [-0.05, 0) is 57.7 Å². The fourth-order valence-electron chi connectivity index (χ4n) is 2.43. The number of rotatable bonds is 3. The smallest absolute Gasteiger partial charge is 0.408 e. The first-order valence-electron chi connectivity index (χ1n) is 7.00. The van der Waals surface area contributed by atoms with E-state index in [2.05, 4.69) is 5.32 Å². The average molecular weight is 277 g/mol. The Labute approximate surface area is 120 Å². The summed E-state index contributed by atoms with van der Waals surface area (Å²) in [5.41, 5.74) is 0.346. The van der Waals surface area contributed by atoms with Gasteiger partial charge in [0.2, 0.25) is 0 Å². The fourth-order valence-corrected chi connectivity index (χ4v) is 2.43. The summed E-state index contributed by atoms with van der Waals surface area (Å²) in [6.07, 6.45) is 2.65. The highest BCUT2D eigenvalue weighted by atomic mass is 16.6. The molecule has 1 amide bonds. The minimum atomic E-state index is -0.477. The first-order valence-corrected chi connectivity index (χ1v) is 7.00. The summed E-state index contributed by atoms with van der Waals surface area (Å²) >= 11 is 0. The number of amides is 1. The van der Waals surface area contributed by atoms with Gasteiger partial charge in [-0.25, -0.2) is 4.79 Å². The third kappa shape index (κ3) is 3.24. The Morgan fingerprint density at radius 2 is 1.80 bits per heavy atom. The van der Waals surface area contributed by atoms with Crippen molar-refractivity contribution in [2.45, 2.75) is 51.2 Å². The predicted octanol–water partition coefficient (Wildman–Crippen LogP) is 3.60. The van der Waals surface area contributed by atoms with Crippen molar-refractivity contribution in [3.8, 4) is 5.75 Å². The molecule has 0 unspecified atom stereocenters. The molecule has 0 aromatic heterocycles. The molecule has 2 rings (SSSR count). The molecule has 4 heteroatoms. The monoisotopic (exact) mass is 277 g/mol. The van der Waals surface area contributed by atoms with Crippen LogP contribution in [0.25, 0.3) is 0 Å². The van der Waals surface area contributed by atoms with Crippen LogP contribution in [-0.2, 0) is 10.3 Å². The van der Waals surface area contributed by atoms with Crippen molar-refractivity contribution < 1.29 is 14.3 Å². The molecule has 1 aliphatic rings. The summed E-state index contributed by atoms with van der Waals surface area (Å²) < 4.78 is 10.5. The van der Waals surface area contributed by atoms with Crippen molar-refractivity contribution >= 4 is 6.09 Å². The lowest BCUT2D eigenvalue weighted by molar-refractivity contribution is 0.0377. The maximum Gasteiger partial charge on any atom is 0.408 e. The molecule has 0 saturated heterocycles. The molecule has 1 aromatic rings. The van der Waals surface area contributed by atoms with Gasteiger partial charge in [-0.1, -0.05) is 12.1 Å². The summed E-state index contributed by atoms with van der Waals surface area (Å²) in [6, 6.07) is 7.86. The second kappa shape index (κ2) is 5.35. The standard InChI is InChI=1S/C16H23NO3/c1-15(2,3)20-14(18)17-16(10-5-11-16)12-6-8-13(19-4)9-7-12/h6-9H,5,10-11H2,1-4H3,(H,17,18). The number of carbonyl (C=O) groups excluding carboxylic acids is 1. The summed E-state index contributed by atoms with van der Waals surface area (Å²) in [7, 11) is 1.65. The number of hydrogen-bond donors (Lipinski definition) is 1. The van der Waals surface area contributed by atoms with Gasteiger partial charge in [0.15, 0.2) is 0 Å². The molecule has 0 radical (unpaired) electrons. The zero-order valence-corrected chi connectivity index (χ0v) is 12.7. The van der Waals surface area contributed by atoms with Crippen molar-refractivity contribution in [2.24, 2.45) is 0 Å². The summed E-state index contributed by atoms with van der Waals surface area (Å²) in [6.45, 7) is 5.61. The van der Waals surface area contributed by atoms with Crippen molar-refractivity contribution in [1.29, 1.82) is 0 Å². The van der Waals surface area contributed by atoms with E-state index in [1.165, 1.54) is 0 Å². The van der Waals surface area contributed by atoms with Crippen LogP contribution >= 0.6 is 0 Å². The molecule has 1 aromatic carbocycles. The zero-order valence-electron chi connectivity index (χ0n) is 12.7. The van der Waals surface area contributed by atoms with Crippen molar-refractivity contribution in [3.05, 3.63) is 29.8 Å². The van der Waals surface area contributed by atoms with Gasteiger partial charge in [-0.15, -0.1) is 0 Å². The number of nitrogens with one attached hydrogen (secondary N) is 1. The van der Waals surface area contributed by atoms with E-state index in [0.29, 0.717) is 0 Å². The molecule has 20 heavy (non-hydrogen) atoms. The second-order valence-corrected chi connectivity index (χ2v) is 6.29. The van der Waals surface area contributed by atoms with Crippen molar-refractivity contribution in [3.63, 3.8) is 0 Å². The Hall–Kier alpha value is -1.71. The van der Waals surface area contributed by atoms with Crippen molar-refractivity contribution in [2.75, 3.05) is 7.11 Å². The Kier molecular flexibility index (Phi) is 3.93. The summed E-state index contributed by atoms with van der Waals surface area (Å²) in [5.74, 6) is 0.820. The Morgan fingerprint density at radius 1 is 1.20 bits per heavy atom. The highest BCUT2D eigenvalue weighted by molar-refractivity contribution is 5.69. The predicted molar refractivity (Wildman–Crippen MR) is 77.9 cm³/mol. The topological polar surface area (TPSA) is 47.6 Å². The van der Waals surface area contributed by atoms with Gasteiger partial charge in [0.05, 0.1) is 12.6 Å². The molecule has 0 spiro atoms. The molecule has 1 aliphatic carbocycles. The fraction of sp³-hybridized carbons (Fsp3) is 0.562. The van der Waals surface area contributed by atoms with Gasteiger partial charge in [-0.2, -0.15) is 0 Å². The van der Waals surface area contributed by atoms with Crippen molar-refractivity contribution in [1.82, 2.24) is 5.32 Å². The summed E-state index contributed by atoms with van der Waals surface area (Å²) in [4.78, 5) is 12.0. The van der Waals surface area contributed by atoms with E-state index in [9.17, 15) is 4.79 Å². The van der Waals surface area contributed by atoms with Gasteiger partial charge in [-0.3, -0.25) is 0 Å². The SMILES string of the molecule is COc1ccc(C2(NC(=O)OC(C)(C)C)CCC2)cc1. The normalized spacial score (nSPS) is 17.0. The molecule has 1 saturated carbocycles. The van der Waals surface area contributed by atoms with E-state index in [1.54, 1.807) is 7.11 Å². The molecule has 4 nitrogen and oxygen atoms in total. The Morgan fingerprint density at radius 3 is 2.20 bits per heavy atom. The Bertz CT molecular complexity index is 469. The summed E-state index contributed by atoms with van der Waals surface area (Å²) in [5, 5.41) is 3.04. The average Bonchev–Trinajstić information content (AvgIpc) is 2.32. The van der Waals surface area contributed by atoms with Gasteiger partial charge < -0.3 is 14.8 Å². The molecule has 110 valence electrons. The number of ether oxygens (including phenoxy) is 2. The van der Waals surface area contributed by atoms with E-state index >= 15 is 0 Å². The van der Waals surface area contributed by atoms with Gasteiger partial charge in [0.25, 0.3) is 0 Å². The van der Waals surface area contributed by atoms with Crippen LogP contribution in [-0.4, -0.2) is 18.8 Å². The Balaban J connectivity index is 2.11.